The number of hydrogen-bond donors (Lipinski definition) is 2. The zero-order valence-corrected chi connectivity index (χ0v) is 26.0. The second-order valence-corrected chi connectivity index (χ2v) is 16.3. The van der Waals surface area contributed by atoms with Crippen LogP contribution in [0, 0.1) is 5.82 Å². The molecular weight excluding hydrogens is 567 g/mol. The van der Waals surface area contributed by atoms with Crippen molar-refractivity contribution in [2.24, 2.45) is 0 Å². The Labute approximate surface area is 244 Å². The Kier molecular flexibility index (Phi) is 9.06. The number of halogens is 2. The molecule has 1 atom stereocenters. The van der Waals surface area contributed by atoms with Gasteiger partial charge in [0.2, 0.25) is 11.8 Å². The predicted octanol–water partition coefficient (Wildman–Crippen LogP) is 5.18. The number of nitrogens with one attached hydrogen (secondary N) is 1. The number of aromatic hydroxyl groups is 1. The molecule has 11 heteroatoms. The van der Waals surface area contributed by atoms with Gasteiger partial charge in [-0.3, -0.25) is 0 Å². The Morgan fingerprint density at radius 2 is 1.52 bits per heavy atom. The SMILES string of the molecule is CNC(C)(COc1nc(Cl)c(F)c2nc(SC)nc(O)c12)CO[Si](c1ccccc1)(c1ccccc1)C(C)(C)C. The highest BCUT2D eigenvalue weighted by Crippen LogP contribution is 2.38. The van der Waals surface area contributed by atoms with Gasteiger partial charge < -0.3 is 19.6 Å². The van der Waals surface area contributed by atoms with E-state index in [-0.39, 0.29) is 33.6 Å². The van der Waals surface area contributed by atoms with E-state index in [2.05, 4.69) is 65.3 Å². The van der Waals surface area contributed by atoms with Gasteiger partial charge in [-0.15, -0.1) is 0 Å². The Morgan fingerprint density at radius 1 is 0.950 bits per heavy atom. The second-order valence-electron chi connectivity index (χ2n) is 10.8. The van der Waals surface area contributed by atoms with Crippen LogP contribution in [0.5, 0.6) is 11.8 Å². The number of likely N-dealkylation sites (N-methyl/N-ethyl adjacent to an activating group) is 1. The summed E-state index contributed by atoms with van der Waals surface area (Å²) < 4.78 is 28.0. The average Bonchev–Trinajstić information content (AvgIpc) is 2.94. The van der Waals surface area contributed by atoms with Crippen LogP contribution in [0.2, 0.25) is 10.2 Å². The topological polar surface area (TPSA) is 89.4 Å². The summed E-state index contributed by atoms with van der Waals surface area (Å²) in [7, 11) is -0.981. The van der Waals surface area contributed by atoms with Crippen molar-refractivity contribution in [1.82, 2.24) is 20.3 Å². The van der Waals surface area contributed by atoms with Crippen molar-refractivity contribution in [3.8, 4) is 11.8 Å². The van der Waals surface area contributed by atoms with Gasteiger partial charge >= 0.3 is 0 Å². The number of aromatic nitrogens is 3. The van der Waals surface area contributed by atoms with Crippen molar-refractivity contribution in [2.45, 2.75) is 43.4 Å². The summed E-state index contributed by atoms with van der Waals surface area (Å²) in [6.07, 6.45) is 1.73. The molecule has 1 unspecified atom stereocenters. The maximum Gasteiger partial charge on any atom is 0.261 e. The number of ether oxygens (including phenoxy) is 1. The number of pyridine rings is 1. The van der Waals surface area contributed by atoms with Crippen molar-refractivity contribution in [3.63, 3.8) is 0 Å². The molecule has 2 heterocycles. The van der Waals surface area contributed by atoms with Crippen molar-refractivity contribution < 1.29 is 18.7 Å². The van der Waals surface area contributed by atoms with Crippen molar-refractivity contribution in [1.29, 1.82) is 0 Å². The lowest BCUT2D eigenvalue weighted by atomic mass is 10.1. The summed E-state index contributed by atoms with van der Waals surface area (Å²) in [5.74, 6) is -1.33. The monoisotopic (exact) mass is 600 g/mol. The Bertz CT molecular complexity index is 1440. The van der Waals surface area contributed by atoms with Crippen molar-refractivity contribution >= 4 is 53.0 Å². The average molecular weight is 601 g/mol. The fourth-order valence-corrected chi connectivity index (χ4v) is 9.93. The lowest BCUT2D eigenvalue weighted by Crippen LogP contribution is -2.68. The molecule has 4 rings (SSSR count). The summed E-state index contributed by atoms with van der Waals surface area (Å²) in [5.41, 5.74) is -0.848. The first-order chi connectivity index (χ1) is 19.0. The van der Waals surface area contributed by atoms with Gasteiger partial charge in [-0.1, -0.05) is 105 Å². The minimum absolute atomic E-state index is 0.0361. The Balaban J connectivity index is 1.70. The van der Waals surface area contributed by atoms with Gasteiger partial charge in [0.05, 0.1) is 12.1 Å². The zero-order valence-electron chi connectivity index (χ0n) is 23.5. The van der Waals surface area contributed by atoms with Gasteiger partial charge in [0.15, 0.2) is 16.1 Å². The van der Waals surface area contributed by atoms with E-state index >= 15 is 0 Å². The van der Waals surface area contributed by atoms with E-state index < -0.39 is 30.7 Å². The molecule has 0 bridgehead atoms. The molecular formula is C29H34ClFN4O3SSi. The molecule has 7 nitrogen and oxygen atoms in total. The number of hydrogen-bond acceptors (Lipinski definition) is 8. The molecule has 2 aromatic carbocycles. The van der Waals surface area contributed by atoms with Crippen LogP contribution in [0.25, 0.3) is 10.9 Å². The largest absolute Gasteiger partial charge is 0.493 e. The van der Waals surface area contributed by atoms with Gasteiger partial charge in [0.25, 0.3) is 8.32 Å². The molecule has 212 valence electrons. The van der Waals surface area contributed by atoms with Gasteiger partial charge in [0.1, 0.15) is 17.5 Å². The first-order valence-corrected chi connectivity index (χ1v) is 16.3. The molecule has 40 heavy (non-hydrogen) atoms. The van der Waals surface area contributed by atoms with E-state index in [1.807, 2.05) is 50.4 Å². The van der Waals surface area contributed by atoms with E-state index in [9.17, 15) is 9.50 Å². The van der Waals surface area contributed by atoms with Crippen molar-refractivity contribution in [2.75, 3.05) is 26.5 Å². The third-order valence-corrected chi connectivity index (χ3v) is 12.8. The van der Waals surface area contributed by atoms with E-state index in [1.54, 1.807) is 6.26 Å². The summed E-state index contributed by atoms with van der Waals surface area (Å²) in [6, 6.07) is 20.7. The number of rotatable bonds is 10. The molecule has 2 aromatic heterocycles. The highest BCUT2D eigenvalue weighted by atomic mass is 35.5. The third-order valence-electron chi connectivity index (χ3n) is 7.01. The quantitative estimate of drug-likeness (QED) is 0.111. The predicted molar refractivity (Wildman–Crippen MR) is 162 cm³/mol. The van der Waals surface area contributed by atoms with Crippen LogP contribution >= 0.6 is 23.4 Å². The number of thioether (sulfide) groups is 1. The molecule has 4 aromatic rings. The molecule has 2 N–H and O–H groups in total. The van der Waals surface area contributed by atoms with Crippen LogP contribution in [0.1, 0.15) is 27.7 Å². The smallest absolute Gasteiger partial charge is 0.261 e. The fourth-order valence-electron chi connectivity index (χ4n) is 4.72. The first kappa shape index (κ1) is 30.2. The standard InChI is InChI=1S/C29H34ClFN4O3SSi/c1-28(2,3)40(19-13-9-7-10-14-19,20-15-11-8-12-16-20)38-18-29(4,32-5)17-37-26-21-23(22(31)24(30)34-26)33-27(39-6)35-25(21)36/h7-16,32H,17-18H2,1-6H3,(H,33,35,36). The lowest BCUT2D eigenvalue weighted by Gasteiger charge is -2.45. The molecule has 0 aliphatic carbocycles. The Morgan fingerprint density at radius 3 is 2.02 bits per heavy atom. The maximum absolute atomic E-state index is 14.8. The molecule has 0 radical (unpaired) electrons. The van der Waals surface area contributed by atoms with Crippen LogP contribution in [-0.2, 0) is 4.43 Å². The van der Waals surface area contributed by atoms with E-state index in [0.29, 0.717) is 6.61 Å². The fraction of sp³-hybridized carbons (Fsp3) is 0.345. The molecule has 0 saturated heterocycles. The Hall–Kier alpha value is -2.76. The van der Waals surface area contributed by atoms with Gasteiger partial charge in [-0.2, -0.15) is 9.97 Å². The molecule has 0 aliphatic rings. The van der Waals surface area contributed by atoms with Crippen LogP contribution in [0.15, 0.2) is 65.8 Å². The van der Waals surface area contributed by atoms with Gasteiger partial charge in [-0.05, 0) is 35.6 Å². The van der Waals surface area contributed by atoms with Crippen LogP contribution in [0.3, 0.4) is 0 Å². The third kappa shape index (κ3) is 5.82. The second kappa shape index (κ2) is 12.0. The highest BCUT2D eigenvalue weighted by molar-refractivity contribution is 7.98. The van der Waals surface area contributed by atoms with Crippen LogP contribution < -0.4 is 20.4 Å². The molecule has 0 saturated carbocycles. The van der Waals surface area contributed by atoms with Crippen LogP contribution in [-0.4, -0.2) is 60.4 Å². The summed E-state index contributed by atoms with van der Waals surface area (Å²) in [6.45, 7) is 9.00. The normalized spacial score (nSPS) is 13.8. The van der Waals surface area contributed by atoms with E-state index in [1.165, 1.54) is 11.8 Å². The lowest BCUT2D eigenvalue weighted by molar-refractivity contribution is 0.127. The van der Waals surface area contributed by atoms with Crippen LogP contribution in [0.4, 0.5) is 4.39 Å². The number of benzene rings is 2. The van der Waals surface area contributed by atoms with E-state index in [0.717, 1.165) is 10.4 Å². The maximum atomic E-state index is 14.8. The molecule has 0 amide bonds. The van der Waals surface area contributed by atoms with Crippen molar-refractivity contribution in [3.05, 3.63) is 71.6 Å². The van der Waals surface area contributed by atoms with Gasteiger partial charge in [0, 0.05) is 0 Å². The van der Waals surface area contributed by atoms with E-state index in [4.69, 9.17) is 20.8 Å². The highest BCUT2D eigenvalue weighted by Gasteiger charge is 2.51. The summed E-state index contributed by atoms with van der Waals surface area (Å²) >= 11 is 7.25. The molecule has 0 spiro atoms. The first-order valence-electron chi connectivity index (χ1n) is 12.8. The number of nitrogens with zero attached hydrogens (tertiary/aromatic N) is 3. The van der Waals surface area contributed by atoms with Gasteiger partial charge in [-0.25, -0.2) is 9.37 Å². The minimum Gasteiger partial charge on any atom is -0.493 e. The zero-order chi connectivity index (χ0) is 29.1. The summed E-state index contributed by atoms with van der Waals surface area (Å²) in [5, 5.41) is 15.8. The summed E-state index contributed by atoms with van der Waals surface area (Å²) in [4.78, 5) is 12.3. The minimum atomic E-state index is -2.81. The number of fused-ring (bicyclic) bond motifs is 1. The molecule has 0 fully saturated rings. The molecule has 0 aliphatic heterocycles.